The van der Waals surface area contributed by atoms with Gasteiger partial charge in [0, 0.05) is 60.5 Å². The zero-order chi connectivity index (χ0) is 27.1. The van der Waals surface area contributed by atoms with Crippen LogP contribution in [0.4, 0.5) is 5.69 Å². The number of H-pyrrole nitrogens is 1. The summed E-state index contributed by atoms with van der Waals surface area (Å²) in [5.74, 6) is -0.363. The molecule has 0 radical (unpaired) electrons. The summed E-state index contributed by atoms with van der Waals surface area (Å²) in [5.41, 5.74) is 11.9. The molecule has 3 aromatic carbocycles. The molecule has 0 bridgehead atoms. The lowest BCUT2D eigenvalue weighted by atomic mass is 9.76. The summed E-state index contributed by atoms with van der Waals surface area (Å²) in [4.78, 5) is 36.5. The van der Waals surface area contributed by atoms with Crippen LogP contribution in [-0.2, 0) is 16.1 Å². The third-order valence-electron chi connectivity index (χ3n) is 8.38. The maximum Gasteiger partial charge on any atom is 0.232 e. The quantitative estimate of drug-likeness (QED) is 0.360. The topological polar surface area (TPSA) is 85.7 Å². The van der Waals surface area contributed by atoms with Crippen LogP contribution in [0.5, 0.6) is 0 Å². The highest BCUT2D eigenvalue weighted by atomic mass is 35.5. The zero-order valence-corrected chi connectivity index (χ0v) is 22.6. The molecule has 2 aliphatic rings. The number of para-hydroxylation sites is 1. The van der Waals surface area contributed by atoms with Gasteiger partial charge < -0.3 is 25.3 Å². The van der Waals surface area contributed by atoms with Gasteiger partial charge in [-0.3, -0.25) is 9.69 Å². The maximum atomic E-state index is 14.5. The van der Waals surface area contributed by atoms with Gasteiger partial charge in [0.1, 0.15) is 6.29 Å². The summed E-state index contributed by atoms with van der Waals surface area (Å²) in [6, 6.07) is 21.1. The molecule has 0 saturated carbocycles. The van der Waals surface area contributed by atoms with Crippen LogP contribution in [0.3, 0.4) is 0 Å². The van der Waals surface area contributed by atoms with E-state index in [2.05, 4.69) is 20.9 Å². The smallest absolute Gasteiger partial charge is 0.232 e. The molecule has 1 saturated heterocycles. The number of halogens is 1. The standard InChI is InChI=1S/C31H32ClN5O2/c1-35-28(19-38)23-7-2-3-8-24(23)29(30(35)25-18-34-26-9-5-4-6-22(25)26)31(39)37-14-12-36(13-15-37)27-16-21(32)11-10-20(27)17-33/h2-11,16,18-19,28-30,34H,12-15,17,33H2,1H3. The number of amides is 1. The molecular formula is C31H32ClN5O2. The minimum absolute atomic E-state index is 0.0822. The number of hydrogen-bond acceptors (Lipinski definition) is 5. The molecule has 39 heavy (non-hydrogen) atoms. The Hall–Kier alpha value is -3.65. The molecule has 0 spiro atoms. The number of piperazine rings is 1. The first-order chi connectivity index (χ1) is 19.0. The van der Waals surface area contributed by atoms with E-state index < -0.39 is 12.0 Å². The third-order valence-corrected chi connectivity index (χ3v) is 8.61. The van der Waals surface area contributed by atoms with Gasteiger partial charge in [-0.25, -0.2) is 0 Å². The number of carbonyl (C=O) groups excluding carboxylic acids is 2. The number of nitrogens with zero attached hydrogens (tertiary/aromatic N) is 3. The van der Waals surface area contributed by atoms with E-state index in [1.807, 2.05) is 78.8 Å². The number of benzene rings is 3. The van der Waals surface area contributed by atoms with Crippen LogP contribution >= 0.6 is 11.6 Å². The molecule has 4 aromatic rings. The number of aldehydes is 1. The molecule has 1 fully saturated rings. The molecule has 1 aromatic heterocycles. The first-order valence-corrected chi connectivity index (χ1v) is 13.7. The molecule has 3 N–H and O–H groups in total. The van der Waals surface area contributed by atoms with Gasteiger partial charge in [-0.1, -0.05) is 60.1 Å². The van der Waals surface area contributed by atoms with Crippen molar-refractivity contribution in [2.45, 2.75) is 24.5 Å². The summed E-state index contributed by atoms with van der Waals surface area (Å²) >= 11 is 6.30. The molecule has 7 nitrogen and oxygen atoms in total. The van der Waals surface area contributed by atoms with Crippen molar-refractivity contribution in [1.82, 2.24) is 14.8 Å². The van der Waals surface area contributed by atoms with E-state index in [9.17, 15) is 9.59 Å². The molecule has 2 aliphatic heterocycles. The Morgan fingerprint density at radius 3 is 2.46 bits per heavy atom. The van der Waals surface area contributed by atoms with Crippen molar-refractivity contribution in [2.24, 2.45) is 5.73 Å². The number of likely N-dealkylation sites (N-methyl/N-ethyl adjacent to an activating group) is 1. The van der Waals surface area contributed by atoms with E-state index >= 15 is 0 Å². The lowest BCUT2D eigenvalue weighted by molar-refractivity contribution is -0.136. The molecule has 3 atom stereocenters. The Labute approximate surface area is 233 Å². The number of fused-ring (bicyclic) bond motifs is 2. The van der Waals surface area contributed by atoms with Gasteiger partial charge in [-0.05, 0) is 47.5 Å². The zero-order valence-electron chi connectivity index (χ0n) is 21.9. The Bertz CT molecular complexity index is 1530. The van der Waals surface area contributed by atoms with Crippen molar-refractivity contribution in [2.75, 3.05) is 38.1 Å². The lowest BCUT2D eigenvalue weighted by Crippen LogP contribution is -2.53. The number of nitrogens with one attached hydrogen (secondary N) is 1. The summed E-state index contributed by atoms with van der Waals surface area (Å²) in [6.07, 6.45) is 2.98. The predicted molar refractivity (Wildman–Crippen MR) is 155 cm³/mol. The molecule has 8 heteroatoms. The monoisotopic (exact) mass is 541 g/mol. The maximum absolute atomic E-state index is 14.5. The average Bonchev–Trinajstić information content (AvgIpc) is 3.40. The summed E-state index contributed by atoms with van der Waals surface area (Å²) in [5, 5.41) is 1.74. The first kappa shape index (κ1) is 25.6. The van der Waals surface area contributed by atoms with Crippen LogP contribution in [0.15, 0.2) is 72.9 Å². The fourth-order valence-corrected chi connectivity index (χ4v) is 6.57. The summed E-state index contributed by atoms with van der Waals surface area (Å²) in [6.45, 7) is 3.00. The largest absolute Gasteiger partial charge is 0.368 e. The molecule has 1 amide bonds. The normalized spacial score (nSPS) is 21.7. The minimum atomic E-state index is -0.445. The fourth-order valence-electron chi connectivity index (χ4n) is 6.40. The Balaban J connectivity index is 1.36. The Kier molecular flexibility index (Phi) is 6.89. The van der Waals surface area contributed by atoms with Crippen LogP contribution in [0.2, 0.25) is 5.02 Å². The molecule has 0 aliphatic carbocycles. The van der Waals surface area contributed by atoms with E-state index in [1.54, 1.807) is 0 Å². The summed E-state index contributed by atoms with van der Waals surface area (Å²) in [7, 11) is 1.95. The van der Waals surface area contributed by atoms with Gasteiger partial charge >= 0.3 is 0 Å². The highest BCUT2D eigenvalue weighted by Crippen LogP contribution is 2.48. The van der Waals surface area contributed by atoms with Gasteiger partial charge in [0.25, 0.3) is 0 Å². The van der Waals surface area contributed by atoms with Crippen molar-refractivity contribution in [3.8, 4) is 0 Å². The average molecular weight is 542 g/mol. The van der Waals surface area contributed by atoms with E-state index in [0.717, 1.165) is 45.1 Å². The van der Waals surface area contributed by atoms with Crippen molar-refractivity contribution in [3.05, 3.63) is 100 Å². The van der Waals surface area contributed by atoms with Crippen LogP contribution in [0.25, 0.3) is 10.9 Å². The van der Waals surface area contributed by atoms with E-state index in [4.69, 9.17) is 17.3 Å². The van der Waals surface area contributed by atoms with Gasteiger partial charge in [0.2, 0.25) is 5.91 Å². The Morgan fingerprint density at radius 2 is 1.72 bits per heavy atom. The SMILES string of the molecule is CN1C(C=O)c2ccccc2C(C(=O)N2CCN(c3cc(Cl)ccc3CN)CC2)C1c1c[nH]c2ccccc12. The van der Waals surface area contributed by atoms with Crippen LogP contribution in [-0.4, -0.2) is 60.2 Å². The Morgan fingerprint density at radius 1 is 1.00 bits per heavy atom. The van der Waals surface area contributed by atoms with E-state index in [0.29, 0.717) is 37.7 Å². The number of nitrogens with two attached hydrogens (primary N) is 1. The predicted octanol–water partition coefficient (Wildman–Crippen LogP) is 4.64. The van der Waals surface area contributed by atoms with Crippen LogP contribution in [0.1, 0.15) is 40.3 Å². The second-order valence-corrected chi connectivity index (χ2v) is 10.8. The van der Waals surface area contributed by atoms with Crippen molar-refractivity contribution in [3.63, 3.8) is 0 Å². The highest BCUT2D eigenvalue weighted by molar-refractivity contribution is 6.30. The van der Waals surface area contributed by atoms with Crippen molar-refractivity contribution >= 4 is 40.4 Å². The van der Waals surface area contributed by atoms with Gasteiger partial charge in [-0.15, -0.1) is 0 Å². The number of anilines is 1. The molecular weight excluding hydrogens is 510 g/mol. The van der Waals surface area contributed by atoms with E-state index in [-0.39, 0.29) is 11.9 Å². The minimum Gasteiger partial charge on any atom is -0.368 e. The van der Waals surface area contributed by atoms with Gasteiger partial charge in [0.05, 0.1) is 18.0 Å². The number of rotatable bonds is 5. The highest BCUT2D eigenvalue weighted by Gasteiger charge is 2.45. The van der Waals surface area contributed by atoms with Crippen LogP contribution in [0, 0.1) is 0 Å². The lowest BCUT2D eigenvalue weighted by Gasteiger charge is -2.46. The molecule has 3 heterocycles. The first-order valence-electron chi connectivity index (χ1n) is 13.4. The summed E-state index contributed by atoms with van der Waals surface area (Å²) < 4.78 is 0. The molecule has 6 rings (SSSR count). The van der Waals surface area contributed by atoms with Crippen molar-refractivity contribution < 1.29 is 9.59 Å². The second kappa shape index (κ2) is 10.5. The number of aromatic amines is 1. The molecule has 200 valence electrons. The van der Waals surface area contributed by atoms with Gasteiger partial charge in [-0.2, -0.15) is 0 Å². The van der Waals surface area contributed by atoms with E-state index in [1.165, 1.54) is 0 Å². The number of carbonyl (C=O) groups is 2. The van der Waals surface area contributed by atoms with Gasteiger partial charge in [0.15, 0.2) is 0 Å². The fraction of sp³-hybridized carbons (Fsp3) is 0.290. The molecule has 3 unspecified atom stereocenters. The van der Waals surface area contributed by atoms with Crippen LogP contribution < -0.4 is 10.6 Å². The second-order valence-electron chi connectivity index (χ2n) is 10.4. The number of hydrogen-bond donors (Lipinski definition) is 2. The third kappa shape index (κ3) is 4.40. The number of aromatic nitrogens is 1. The van der Waals surface area contributed by atoms with Crippen molar-refractivity contribution in [1.29, 1.82) is 0 Å².